The van der Waals surface area contributed by atoms with Crippen LogP contribution in [-0.4, -0.2) is 61.9 Å². The van der Waals surface area contributed by atoms with Gasteiger partial charge in [0.2, 0.25) is 0 Å². The molecule has 0 radical (unpaired) electrons. The van der Waals surface area contributed by atoms with Crippen molar-refractivity contribution in [2.75, 3.05) is 32.6 Å². The van der Waals surface area contributed by atoms with Crippen molar-refractivity contribution in [3.05, 3.63) is 106 Å². The first-order chi connectivity index (χ1) is 24.2. The fourth-order valence-electron chi connectivity index (χ4n) is 5.19. The van der Waals surface area contributed by atoms with E-state index in [1.807, 2.05) is 0 Å². The number of ether oxygens (including phenoxy) is 3. The molecule has 51 heavy (non-hydrogen) atoms. The summed E-state index contributed by atoms with van der Waals surface area (Å²) >= 11 is 1.14. The third-order valence-corrected chi connectivity index (χ3v) is 8.73. The van der Waals surface area contributed by atoms with Gasteiger partial charge >= 0.3 is 24.1 Å². The highest BCUT2D eigenvalue weighted by atomic mass is 32.1. The molecule has 0 unspecified atom stereocenters. The first-order valence-electron chi connectivity index (χ1n) is 15.8. The molecule has 0 saturated carbocycles. The van der Waals surface area contributed by atoms with E-state index in [2.05, 4.69) is 5.32 Å². The number of esters is 3. The molecule has 1 aromatic heterocycles. The average molecular weight is 725 g/mol. The SMILES string of the molecule is CCOC(=O)C(CCC(=O)Oc1ccc(NC(=O)c2ccccc2-c2ccc(C(F)(F)F)cc2)c(C(=O)N(C)C)c1)(C(=O)OCC)c1cccs1. The van der Waals surface area contributed by atoms with Crippen molar-refractivity contribution in [2.45, 2.75) is 38.3 Å². The maximum absolute atomic E-state index is 13.5. The molecule has 3 aromatic carbocycles. The molecular formula is C37H35F3N2O8S. The van der Waals surface area contributed by atoms with Gasteiger partial charge in [-0.25, -0.2) is 0 Å². The summed E-state index contributed by atoms with van der Waals surface area (Å²) in [5, 5.41) is 4.37. The Labute approximate surface area is 296 Å². The van der Waals surface area contributed by atoms with Gasteiger partial charge in [0.1, 0.15) is 5.75 Å². The van der Waals surface area contributed by atoms with E-state index in [9.17, 15) is 37.1 Å². The minimum absolute atomic E-state index is 0.0119. The Bertz CT molecular complexity index is 1870. The number of amides is 2. The van der Waals surface area contributed by atoms with Crippen LogP contribution < -0.4 is 10.1 Å². The topological polar surface area (TPSA) is 128 Å². The lowest BCUT2D eigenvalue weighted by atomic mass is 9.81. The zero-order valence-electron chi connectivity index (χ0n) is 28.2. The van der Waals surface area contributed by atoms with Gasteiger partial charge in [0.25, 0.3) is 11.8 Å². The molecule has 1 heterocycles. The van der Waals surface area contributed by atoms with Crippen molar-refractivity contribution in [1.82, 2.24) is 4.90 Å². The zero-order chi connectivity index (χ0) is 37.3. The quantitative estimate of drug-likeness (QED) is 0.0876. The second-order valence-electron chi connectivity index (χ2n) is 11.3. The third-order valence-electron chi connectivity index (χ3n) is 7.70. The highest BCUT2D eigenvalue weighted by Gasteiger charge is 2.51. The summed E-state index contributed by atoms with van der Waals surface area (Å²) < 4.78 is 55.4. The Morgan fingerprint density at radius 1 is 0.804 bits per heavy atom. The van der Waals surface area contributed by atoms with Gasteiger partial charge in [0.05, 0.1) is 30.0 Å². The fourth-order valence-corrected chi connectivity index (χ4v) is 6.12. The van der Waals surface area contributed by atoms with Crippen LogP contribution in [0, 0.1) is 0 Å². The molecule has 268 valence electrons. The summed E-state index contributed by atoms with van der Waals surface area (Å²) in [6, 6.07) is 17.9. The molecule has 0 atom stereocenters. The van der Waals surface area contributed by atoms with Crippen LogP contribution in [0.15, 0.2) is 84.2 Å². The van der Waals surface area contributed by atoms with Crippen molar-refractivity contribution in [1.29, 1.82) is 0 Å². The minimum atomic E-state index is -4.52. The van der Waals surface area contributed by atoms with Gasteiger partial charge in [-0.2, -0.15) is 13.2 Å². The standard InChI is InChI=1S/C37H35F3N2O8S/c1-5-48-34(46)36(35(47)49-6-2,30-12-9-21-51-30)20-19-31(43)50-25-17-18-29(28(22-25)33(45)42(3)4)41-32(44)27-11-8-7-10-26(27)23-13-15-24(16-14-23)37(38,39)40/h7-18,21-22H,5-6,19-20H2,1-4H3,(H,41,44). The molecule has 0 aliphatic carbocycles. The predicted molar refractivity (Wildman–Crippen MR) is 183 cm³/mol. The number of halogens is 3. The Hall–Kier alpha value is -5.50. The number of hydrogen-bond acceptors (Lipinski definition) is 9. The molecule has 2 amide bonds. The number of carbonyl (C=O) groups excluding carboxylic acids is 5. The van der Waals surface area contributed by atoms with Gasteiger partial charge < -0.3 is 24.4 Å². The summed E-state index contributed by atoms with van der Waals surface area (Å²) in [7, 11) is 2.98. The van der Waals surface area contributed by atoms with Gasteiger partial charge in [-0.1, -0.05) is 36.4 Å². The molecule has 0 fully saturated rings. The monoisotopic (exact) mass is 724 g/mol. The van der Waals surface area contributed by atoms with E-state index in [-0.39, 0.29) is 42.2 Å². The lowest BCUT2D eigenvalue weighted by Crippen LogP contribution is -2.46. The predicted octanol–water partition coefficient (Wildman–Crippen LogP) is 7.14. The number of nitrogens with one attached hydrogen (secondary N) is 1. The molecule has 10 nitrogen and oxygen atoms in total. The smallest absolute Gasteiger partial charge is 0.416 e. The Morgan fingerprint density at radius 3 is 2.02 bits per heavy atom. The zero-order valence-corrected chi connectivity index (χ0v) is 29.0. The third kappa shape index (κ3) is 8.81. The summed E-state index contributed by atoms with van der Waals surface area (Å²) in [4.78, 5) is 68.0. The van der Waals surface area contributed by atoms with Crippen LogP contribution in [0.5, 0.6) is 5.75 Å². The largest absolute Gasteiger partial charge is 0.465 e. The molecular weight excluding hydrogens is 689 g/mol. The van der Waals surface area contributed by atoms with Crippen molar-refractivity contribution >= 4 is 46.7 Å². The number of rotatable bonds is 13. The summed E-state index contributed by atoms with van der Waals surface area (Å²) in [5.41, 5.74) is -1.84. The molecule has 14 heteroatoms. The van der Waals surface area contributed by atoms with Gasteiger partial charge in [0, 0.05) is 31.0 Å². The molecule has 1 N–H and O–H groups in total. The molecule has 0 bridgehead atoms. The molecule has 0 aliphatic heterocycles. The normalized spacial score (nSPS) is 11.4. The second-order valence-corrected chi connectivity index (χ2v) is 12.2. The van der Waals surface area contributed by atoms with Gasteiger partial charge in [0.15, 0.2) is 5.41 Å². The van der Waals surface area contributed by atoms with E-state index in [0.717, 1.165) is 23.5 Å². The van der Waals surface area contributed by atoms with E-state index in [1.165, 1.54) is 55.4 Å². The van der Waals surface area contributed by atoms with Gasteiger partial charge in [-0.3, -0.25) is 24.0 Å². The lowest BCUT2D eigenvalue weighted by molar-refractivity contribution is -0.165. The lowest BCUT2D eigenvalue weighted by Gasteiger charge is -2.28. The van der Waals surface area contributed by atoms with E-state index in [0.29, 0.717) is 16.0 Å². The van der Waals surface area contributed by atoms with Crippen LogP contribution in [0.4, 0.5) is 18.9 Å². The van der Waals surface area contributed by atoms with Crippen LogP contribution >= 0.6 is 11.3 Å². The van der Waals surface area contributed by atoms with Gasteiger partial charge in [-0.15, -0.1) is 11.3 Å². The first-order valence-corrected chi connectivity index (χ1v) is 16.6. The van der Waals surface area contributed by atoms with Crippen LogP contribution in [0.3, 0.4) is 0 Å². The Kier molecular flexibility index (Phi) is 12.4. The number of carbonyl (C=O) groups is 5. The number of alkyl halides is 3. The highest BCUT2D eigenvalue weighted by molar-refractivity contribution is 7.10. The van der Waals surface area contributed by atoms with Crippen LogP contribution in [0.1, 0.15) is 57.8 Å². The highest BCUT2D eigenvalue weighted by Crippen LogP contribution is 2.37. The average Bonchev–Trinajstić information content (AvgIpc) is 3.64. The van der Waals surface area contributed by atoms with E-state index in [1.54, 1.807) is 49.6 Å². The van der Waals surface area contributed by atoms with Crippen molar-refractivity contribution in [2.24, 2.45) is 0 Å². The number of nitrogens with zero attached hydrogens (tertiary/aromatic N) is 1. The Balaban J connectivity index is 1.59. The summed E-state index contributed by atoms with van der Waals surface area (Å²) in [6.07, 6.45) is -5.25. The second kappa shape index (κ2) is 16.5. The van der Waals surface area contributed by atoms with Gasteiger partial charge in [-0.05, 0) is 79.2 Å². The fraction of sp³-hybridized carbons (Fsp3) is 0.270. The summed E-state index contributed by atoms with van der Waals surface area (Å²) in [5.74, 6) is -3.79. The van der Waals surface area contributed by atoms with Crippen LogP contribution in [0.25, 0.3) is 11.1 Å². The van der Waals surface area contributed by atoms with Crippen molar-refractivity contribution < 1.29 is 51.4 Å². The van der Waals surface area contributed by atoms with E-state index >= 15 is 0 Å². The van der Waals surface area contributed by atoms with Crippen molar-refractivity contribution in [3.63, 3.8) is 0 Å². The first kappa shape index (κ1) is 38.3. The van der Waals surface area contributed by atoms with Crippen LogP contribution in [-0.2, 0) is 35.4 Å². The number of anilines is 1. The molecule has 4 aromatic rings. The van der Waals surface area contributed by atoms with E-state index in [4.69, 9.17) is 14.2 Å². The Morgan fingerprint density at radius 2 is 1.45 bits per heavy atom. The van der Waals surface area contributed by atoms with Crippen molar-refractivity contribution in [3.8, 4) is 16.9 Å². The van der Waals surface area contributed by atoms with Crippen LogP contribution in [0.2, 0.25) is 0 Å². The molecule has 4 rings (SSSR count). The maximum atomic E-state index is 13.5. The number of hydrogen-bond donors (Lipinski definition) is 1. The maximum Gasteiger partial charge on any atom is 0.416 e. The minimum Gasteiger partial charge on any atom is -0.465 e. The summed E-state index contributed by atoms with van der Waals surface area (Å²) in [6.45, 7) is 3.16. The number of benzene rings is 3. The molecule has 0 spiro atoms. The van der Waals surface area contributed by atoms with E-state index < -0.39 is 53.3 Å². The molecule has 0 saturated heterocycles. The molecule has 0 aliphatic rings. The number of thiophene rings is 1.